The van der Waals surface area contributed by atoms with Crippen LogP contribution in [-0.2, 0) is 18.1 Å². The smallest absolute Gasteiger partial charge is 0.416 e. The molecule has 3 aromatic carbocycles. The van der Waals surface area contributed by atoms with Crippen LogP contribution < -0.4 is 10.1 Å². The van der Waals surface area contributed by atoms with E-state index in [1.807, 2.05) is 44.2 Å². The molecule has 1 aliphatic heterocycles. The van der Waals surface area contributed by atoms with Crippen molar-refractivity contribution in [1.29, 1.82) is 0 Å². The van der Waals surface area contributed by atoms with E-state index in [4.69, 9.17) is 4.52 Å². The number of halogens is 4. The van der Waals surface area contributed by atoms with E-state index in [1.165, 1.54) is 24.4 Å². The fourth-order valence-electron chi connectivity index (χ4n) is 5.44. The van der Waals surface area contributed by atoms with E-state index in [0.717, 1.165) is 23.8 Å². The third-order valence-corrected chi connectivity index (χ3v) is 9.06. The summed E-state index contributed by atoms with van der Waals surface area (Å²) in [6.07, 6.45) is -3.01. The number of rotatable bonds is 6. The quantitative estimate of drug-likeness (QED) is 0.114. The first-order chi connectivity index (χ1) is 20.9. The zero-order valence-electron chi connectivity index (χ0n) is 23.9. The first-order valence-corrected chi connectivity index (χ1v) is 15.1. The van der Waals surface area contributed by atoms with Gasteiger partial charge in [0, 0.05) is 35.7 Å². The maximum Gasteiger partial charge on any atom is 0.416 e. The molecule has 7 nitrogen and oxygen atoms in total. The van der Waals surface area contributed by atoms with Crippen LogP contribution >= 0.6 is 11.8 Å². The van der Waals surface area contributed by atoms with Crippen molar-refractivity contribution < 1.29 is 22.1 Å². The van der Waals surface area contributed by atoms with E-state index in [1.54, 1.807) is 16.3 Å². The average Bonchev–Trinajstić information content (AvgIpc) is 3.50. The Hall–Kier alpha value is -4.00. The summed E-state index contributed by atoms with van der Waals surface area (Å²) in [6, 6.07) is 16.6. The molecule has 228 valence electrons. The molecule has 0 spiro atoms. The van der Waals surface area contributed by atoms with Gasteiger partial charge < -0.3 is 18.9 Å². The average molecular weight is 625 g/mol. The van der Waals surface area contributed by atoms with E-state index < -0.39 is 33.0 Å². The number of benzene rings is 3. The van der Waals surface area contributed by atoms with Crippen LogP contribution in [0.3, 0.4) is 0 Å². The first-order valence-electron chi connectivity index (χ1n) is 14.0. The van der Waals surface area contributed by atoms with Gasteiger partial charge in [-0.15, -0.1) is 0 Å². The molecular formula is C32H28F4N4O3S. The third-order valence-electron chi connectivity index (χ3n) is 8.11. The van der Waals surface area contributed by atoms with Gasteiger partial charge in [0.2, 0.25) is 17.1 Å². The van der Waals surface area contributed by atoms with Crippen LogP contribution in [-0.4, -0.2) is 39.3 Å². The van der Waals surface area contributed by atoms with Gasteiger partial charge in [0.1, 0.15) is 0 Å². The lowest BCUT2D eigenvalue weighted by Gasteiger charge is -2.44. The molecule has 2 aromatic heterocycles. The molecule has 0 amide bonds. The fraction of sp³-hybridized carbons (Fsp3) is 0.281. The fourth-order valence-corrected chi connectivity index (χ4v) is 6.49. The van der Waals surface area contributed by atoms with Gasteiger partial charge in [0.05, 0.1) is 35.1 Å². The van der Waals surface area contributed by atoms with E-state index in [-0.39, 0.29) is 53.5 Å². The van der Waals surface area contributed by atoms with Crippen molar-refractivity contribution in [2.24, 2.45) is 0 Å². The lowest BCUT2D eigenvalue weighted by atomic mass is 9.84. The van der Waals surface area contributed by atoms with Gasteiger partial charge in [-0.25, -0.2) is 4.39 Å². The number of quaternary nitrogens is 1. The second-order valence-electron chi connectivity index (χ2n) is 11.4. The summed E-state index contributed by atoms with van der Waals surface area (Å²) in [5.41, 5.74) is -0.429. The van der Waals surface area contributed by atoms with Crippen molar-refractivity contribution >= 4 is 28.4 Å². The van der Waals surface area contributed by atoms with E-state index in [0.29, 0.717) is 17.1 Å². The number of hydroxylamine groups is 2. The number of fused-ring (bicyclic) bond motifs is 1. The highest BCUT2D eigenvalue weighted by Crippen LogP contribution is 2.35. The molecule has 12 heteroatoms. The Morgan fingerprint density at radius 1 is 1.00 bits per heavy atom. The summed E-state index contributed by atoms with van der Waals surface area (Å²) in [4.78, 5) is 18.4. The van der Waals surface area contributed by atoms with Crippen molar-refractivity contribution in [1.82, 2.24) is 19.4 Å². The molecule has 1 saturated heterocycles. The Morgan fingerprint density at radius 2 is 1.68 bits per heavy atom. The van der Waals surface area contributed by atoms with Crippen molar-refractivity contribution in [2.75, 3.05) is 24.6 Å². The predicted molar refractivity (Wildman–Crippen MR) is 163 cm³/mol. The van der Waals surface area contributed by atoms with E-state index in [2.05, 4.69) is 10.1 Å². The van der Waals surface area contributed by atoms with Gasteiger partial charge in [-0.3, -0.25) is 4.79 Å². The van der Waals surface area contributed by atoms with Gasteiger partial charge in [-0.2, -0.15) is 29.9 Å². The van der Waals surface area contributed by atoms with Crippen LogP contribution in [0, 0.1) is 11.0 Å². The van der Waals surface area contributed by atoms with Crippen LogP contribution in [0.2, 0.25) is 0 Å². The molecule has 3 heterocycles. The second-order valence-corrected chi connectivity index (χ2v) is 12.6. The molecule has 0 aliphatic carbocycles. The summed E-state index contributed by atoms with van der Waals surface area (Å²) < 4.78 is 61.5. The molecule has 1 aliphatic rings. The van der Waals surface area contributed by atoms with Gasteiger partial charge in [-0.1, -0.05) is 47.6 Å². The summed E-state index contributed by atoms with van der Waals surface area (Å²) in [6.45, 7) is 4.19. The molecule has 5 aromatic rings. The molecule has 6 rings (SSSR count). The Labute approximate surface area is 254 Å². The molecule has 0 N–H and O–H groups in total. The Balaban J connectivity index is 1.50. The van der Waals surface area contributed by atoms with E-state index in [9.17, 15) is 23.2 Å². The highest BCUT2D eigenvalue weighted by molar-refractivity contribution is 7.99. The maximum atomic E-state index is 15.6. The molecule has 44 heavy (non-hydrogen) atoms. The van der Waals surface area contributed by atoms with E-state index >= 15 is 4.39 Å². The number of alkyl halides is 3. The van der Waals surface area contributed by atoms with Gasteiger partial charge in [0.25, 0.3) is 0 Å². The number of aromatic nitrogens is 3. The predicted octanol–water partition coefficient (Wildman–Crippen LogP) is 7.14. The standard InChI is InChI=1S/C32H28F4N4O3S/c1-31(2,21-6-4-3-5-7-21)30-37-29(38-43-30)24-19-39(18-20-8-10-22(11-9-20)32(34,35)36)26-17-27(25(33)16-23(26)28(24)41)40(42)12-14-44-15-13-40/h3-11,16-17,19H,12-15,18H2,1-2H3. The van der Waals surface area contributed by atoms with Crippen LogP contribution in [0.1, 0.15) is 36.4 Å². The molecule has 0 unspecified atom stereocenters. The van der Waals surface area contributed by atoms with Gasteiger partial charge >= 0.3 is 6.18 Å². The van der Waals surface area contributed by atoms with Crippen LogP contribution in [0.5, 0.6) is 0 Å². The van der Waals surface area contributed by atoms with Gasteiger partial charge in [-0.05, 0) is 43.2 Å². The SMILES string of the molecule is CC(C)(c1ccccc1)c1nc(-c2cn(Cc3ccc(C(F)(F)F)cc3)c3cc([N+]4([O-])CCSCC4)c(F)cc3c2=O)no1. The lowest BCUT2D eigenvalue weighted by Crippen LogP contribution is -2.49. The normalized spacial score (nSPS) is 15.5. The minimum atomic E-state index is -4.50. The summed E-state index contributed by atoms with van der Waals surface area (Å²) >= 11 is 1.62. The summed E-state index contributed by atoms with van der Waals surface area (Å²) in [5, 5.41) is 17.7. The molecular weight excluding hydrogens is 596 g/mol. The molecule has 0 radical (unpaired) electrons. The van der Waals surface area contributed by atoms with Crippen molar-refractivity contribution in [3.8, 4) is 11.4 Å². The number of hydrogen-bond acceptors (Lipinski definition) is 6. The molecule has 1 fully saturated rings. The minimum Gasteiger partial charge on any atom is -0.627 e. The zero-order chi connectivity index (χ0) is 31.3. The molecule has 0 bridgehead atoms. The molecule has 0 saturated carbocycles. The van der Waals surface area contributed by atoms with Crippen molar-refractivity contribution in [3.63, 3.8) is 0 Å². The summed E-state index contributed by atoms with van der Waals surface area (Å²) in [5.74, 6) is 0.584. The second kappa shape index (κ2) is 11.2. The zero-order valence-corrected chi connectivity index (χ0v) is 24.7. The highest BCUT2D eigenvalue weighted by atomic mass is 32.2. The van der Waals surface area contributed by atoms with Crippen molar-refractivity contribution in [3.05, 3.63) is 117 Å². The highest BCUT2D eigenvalue weighted by Gasteiger charge is 2.33. The van der Waals surface area contributed by atoms with Crippen LogP contribution in [0.4, 0.5) is 23.2 Å². The minimum absolute atomic E-state index is 0.0117. The van der Waals surface area contributed by atoms with Crippen LogP contribution in [0.15, 0.2) is 82.2 Å². The van der Waals surface area contributed by atoms with Crippen molar-refractivity contribution in [2.45, 2.75) is 32.0 Å². The number of hydrogen-bond donors (Lipinski definition) is 0. The third kappa shape index (κ3) is 5.53. The lowest BCUT2D eigenvalue weighted by molar-refractivity contribution is -0.137. The first kappa shape index (κ1) is 30.0. The maximum absolute atomic E-state index is 15.6. The molecule has 0 atom stereocenters. The number of pyridine rings is 1. The topological polar surface area (TPSA) is 84.0 Å². The Kier molecular flexibility index (Phi) is 7.63. The van der Waals surface area contributed by atoms with Gasteiger partial charge in [0.15, 0.2) is 11.5 Å². The largest absolute Gasteiger partial charge is 0.627 e. The Morgan fingerprint density at radius 3 is 2.34 bits per heavy atom. The van der Waals surface area contributed by atoms with Crippen LogP contribution in [0.25, 0.3) is 22.3 Å². The number of thioether (sulfide) groups is 1. The monoisotopic (exact) mass is 624 g/mol. The Bertz CT molecular complexity index is 1880. The number of nitrogens with zero attached hydrogens (tertiary/aromatic N) is 4. The summed E-state index contributed by atoms with van der Waals surface area (Å²) in [7, 11) is 0.